The highest BCUT2D eigenvalue weighted by Gasteiger charge is 2.61. The van der Waals surface area contributed by atoms with E-state index in [-0.39, 0.29) is 34.0 Å². The van der Waals surface area contributed by atoms with Gasteiger partial charge >= 0.3 is 5.97 Å². The molecule has 3 aromatic rings. The number of nitro benzene ring substituents is 1. The highest BCUT2D eigenvalue weighted by atomic mass is 16.7. The molecule has 2 aliphatic heterocycles. The summed E-state index contributed by atoms with van der Waals surface area (Å²) in [5.74, 6) is -3.63. The number of carbonyl (C=O) groups is 3. The Morgan fingerprint density at radius 1 is 0.947 bits per heavy atom. The number of aromatic carboxylic acids is 1. The van der Waals surface area contributed by atoms with Crippen molar-refractivity contribution in [3.05, 3.63) is 88.0 Å². The summed E-state index contributed by atoms with van der Waals surface area (Å²) in [4.78, 5) is 57.1. The number of nitrogens with zero attached hydrogens (tertiary/aromatic N) is 3. The number of non-ortho nitro benzene ring substituents is 1. The van der Waals surface area contributed by atoms with Gasteiger partial charge in [-0.3, -0.25) is 24.5 Å². The Labute approximate surface area is 215 Å². The van der Waals surface area contributed by atoms with Gasteiger partial charge in [-0.2, -0.15) is 0 Å². The number of methoxy groups -OCH3 is 2. The molecule has 12 heteroatoms. The second-order valence-corrected chi connectivity index (χ2v) is 8.51. The van der Waals surface area contributed by atoms with Crippen molar-refractivity contribution in [1.29, 1.82) is 0 Å². The number of carbonyl (C=O) groups excluding carboxylic acids is 2. The fourth-order valence-corrected chi connectivity index (χ4v) is 4.92. The fourth-order valence-electron chi connectivity index (χ4n) is 4.92. The van der Waals surface area contributed by atoms with Crippen LogP contribution in [0.25, 0.3) is 0 Å². The van der Waals surface area contributed by atoms with Crippen LogP contribution in [0.1, 0.15) is 22.0 Å². The molecule has 194 valence electrons. The minimum Gasteiger partial charge on any atom is -0.493 e. The number of hydrogen-bond acceptors (Lipinski definition) is 9. The third kappa shape index (κ3) is 3.78. The van der Waals surface area contributed by atoms with Crippen molar-refractivity contribution in [3.63, 3.8) is 0 Å². The lowest BCUT2D eigenvalue weighted by Gasteiger charge is -2.30. The summed E-state index contributed by atoms with van der Waals surface area (Å²) < 4.78 is 10.6. The zero-order valence-corrected chi connectivity index (χ0v) is 20.1. The SMILES string of the molecule is COc1ccc([C@H]2[C@@H]3C(=O)N(c4ccc([N+](=O)[O-])cc4)C(=O)[C@H]3ON2c2ccccc2)c(C(=O)O)c1OC. The molecule has 0 aliphatic carbocycles. The minimum atomic E-state index is -1.32. The minimum absolute atomic E-state index is 0.0436. The molecular weight excluding hydrogens is 498 g/mol. The van der Waals surface area contributed by atoms with Crippen molar-refractivity contribution in [2.45, 2.75) is 12.1 Å². The van der Waals surface area contributed by atoms with Crippen LogP contribution in [0.3, 0.4) is 0 Å². The van der Waals surface area contributed by atoms with Crippen molar-refractivity contribution in [2.75, 3.05) is 24.2 Å². The number of anilines is 2. The Morgan fingerprint density at radius 3 is 2.21 bits per heavy atom. The zero-order valence-electron chi connectivity index (χ0n) is 20.1. The molecule has 2 fully saturated rings. The van der Waals surface area contributed by atoms with E-state index in [0.29, 0.717) is 5.69 Å². The number of ether oxygens (including phenoxy) is 2. The number of nitro groups is 1. The largest absolute Gasteiger partial charge is 0.493 e. The first-order valence-corrected chi connectivity index (χ1v) is 11.4. The van der Waals surface area contributed by atoms with Crippen molar-refractivity contribution in [2.24, 2.45) is 5.92 Å². The summed E-state index contributed by atoms with van der Waals surface area (Å²) in [5.41, 5.74) is 0.378. The van der Waals surface area contributed by atoms with Crippen LogP contribution in [0.15, 0.2) is 66.7 Å². The number of carboxylic acid groups (broad SMARTS) is 1. The van der Waals surface area contributed by atoms with Crippen LogP contribution >= 0.6 is 0 Å². The maximum Gasteiger partial charge on any atom is 0.339 e. The first kappa shape index (κ1) is 24.7. The number of imide groups is 1. The molecule has 2 heterocycles. The van der Waals surface area contributed by atoms with Gasteiger partial charge in [-0.1, -0.05) is 24.3 Å². The number of rotatable bonds is 7. The summed E-state index contributed by atoms with van der Waals surface area (Å²) >= 11 is 0. The summed E-state index contributed by atoms with van der Waals surface area (Å²) in [6, 6.07) is 15.6. The predicted molar refractivity (Wildman–Crippen MR) is 132 cm³/mol. The molecule has 2 saturated heterocycles. The van der Waals surface area contributed by atoms with Gasteiger partial charge in [0.1, 0.15) is 11.5 Å². The Kier molecular flexibility index (Phi) is 6.17. The molecule has 3 aromatic carbocycles. The van der Waals surface area contributed by atoms with Crippen LogP contribution in [0, 0.1) is 16.0 Å². The van der Waals surface area contributed by atoms with E-state index >= 15 is 0 Å². The number of carboxylic acids is 1. The van der Waals surface area contributed by atoms with Crippen LogP contribution < -0.4 is 19.4 Å². The van der Waals surface area contributed by atoms with E-state index < -0.39 is 40.8 Å². The first-order valence-electron chi connectivity index (χ1n) is 11.4. The topological polar surface area (TPSA) is 149 Å². The van der Waals surface area contributed by atoms with Crippen molar-refractivity contribution in [1.82, 2.24) is 0 Å². The molecule has 0 bridgehead atoms. The molecular formula is C26H21N3O9. The number of amides is 2. The summed E-state index contributed by atoms with van der Waals surface area (Å²) in [7, 11) is 2.67. The van der Waals surface area contributed by atoms with Crippen LogP contribution in [0.2, 0.25) is 0 Å². The first-order chi connectivity index (χ1) is 18.3. The van der Waals surface area contributed by atoms with Crippen molar-refractivity contribution in [3.8, 4) is 11.5 Å². The molecule has 0 spiro atoms. The van der Waals surface area contributed by atoms with Gasteiger partial charge in [-0.05, 0) is 35.9 Å². The van der Waals surface area contributed by atoms with E-state index in [1.807, 2.05) is 0 Å². The lowest BCUT2D eigenvalue weighted by Crippen LogP contribution is -2.37. The molecule has 0 unspecified atom stereocenters. The number of fused-ring (bicyclic) bond motifs is 1. The van der Waals surface area contributed by atoms with Crippen LogP contribution in [-0.4, -0.2) is 48.1 Å². The molecule has 38 heavy (non-hydrogen) atoms. The smallest absolute Gasteiger partial charge is 0.339 e. The van der Waals surface area contributed by atoms with Crippen molar-refractivity contribution < 1.29 is 38.7 Å². The number of benzene rings is 3. The van der Waals surface area contributed by atoms with Gasteiger partial charge in [0.25, 0.3) is 11.6 Å². The Bertz CT molecular complexity index is 1440. The van der Waals surface area contributed by atoms with Crippen LogP contribution in [0.4, 0.5) is 17.1 Å². The quantitative estimate of drug-likeness (QED) is 0.280. The van der Waals surface area contributed by atoms with Crippen molar-refractivity contribution >= 4 is 34.8 Å². The van der Waals surface area contributed by atoms with Gasteiger partial charge in [-0.25, -0.2) is 14.8 Å². The molecule has 0 aromatic heterocycles. The molecule has 12 nitrogen and oxygen atoms in total. The Balaban J connectivity index is 1.66. The lowest BCUT2D eigenvalue weighted by atomic mass is 9.87. The molecule has 5 rings (SSSR count). The van der Waals surface area contributed by atoms with Gasteiger partial charge < -0.3 is 14.6 Å². The molecule has 0 radical (unpaired) electrons. The molecule has 2 amide bonds. The third-order valence-electron chi connectivity index (χ3n) is 6.56. The highest BCUT2D eigenvalue weighted by Crippen LogP contribution is 2.50. The number of hydrogen-bond donors (Lipinski definition) is 1. The lowest BCUT2D eigenvalue weighted by molar-refractivity contribution is -0.384. The van der Waals surface area contributed by atoms with Gasteiger partial charge in [0.15, 0.2) is 17.6 Å². The van der Waals surface area contributed by atoms with Gasteiger partial charge in [-0.15, -0.1) is 0 Å². The van der Waals surface area contributed by atoms with Gasteiger partial charge in [0.2, 0.25) is 5.91 Å². The standard InChI is InChI=1S/C26H21N3O9/c1-36-18-13-12-17(19(26(32)33)22(18)37-2)21-20-23(38-28(21)15-6-4-3-5-7-15)25(31)27(24(20)30)14-8-10-16(11-9-14)29(34)35/h3-13,20-21,23H,1-2H3,(H,32,33)/t20-,21-,23-/m0/s1. The third-order valence-corrected chi connectivity index (χ3v) is 6.56. The Hall–Kier alpha value is -4.97. The average Bonchev–Trinajstić information content (AvgIpc) is 3.43. The molecule has 2 aliphatic rings. The highest BCUT2D eigenvalue weighted by molar-refractivity contribution is 6.24. The average molecular weight is 519 g/mol. The number of hydroxylamine groups is 1. The van der Waals surface area contributed by atoms with E-state index in [1.54, 1.807) is 30.3 Å². The van der Waals surface area contributed by atoms with E-state index in [0.717, 1.165) is 4.90 Å². The number of para-hydroxylation sites is 1. The molecule has 3 atom stereocenters. The zero-order chi connectivity index (χ0) is 27.1. The fraction of sp³-hybridized carbons (Fsp3) is 0.192. The maximum atomic E-state index is 13.8. The maximum absolute atomic E-state index is 13.8. The van der Waals surface area contributed by atoms with Gasteiger partial charge in [0.05, 0.1) is 36.6 Å². The Morgan fingerprint density at radius 2 is 1.63 bits per heavy atom. The summed E-state index contributed by atoms with van der Waals surface area (Å²) in [6.07, 6.45) is -1.27. The predicted octanol–water partition coefficient (Wildman–Crippen LogP) is 3.36. The normalized spacial score (nSPS) is 20.4. The van der Waals surface area contributed by atoms with E-state index in [2.05, 4.69) is 0 Å². The van der Waals surface area contributed by atoms with E-state index in [4.69, 9.17) is 14.3 Å². The summed E-state index contributed by atoms with van der Waals surface area (Å²) in [5, 5.41) is 22.6. The van der Waals surface area contributed by atoms with E-state index in [9.17, 15) is 29.6 Å². The molecule has 1 N–H and O–H groups in total. The van der Waals surface area contributed by atoms with Crippen LogP contribution in [0.5, 0.6) is 11.5 Å². The second-order valence-electron chi connectivity index (χ2n) is 8.51. The monoisotopic (exact) mass is 519 g/mol. The summed E-state index contributed by atoms with van der Waals surface area (Å²) in [6.45, 7) is 0. The van der Waals surface area contributed by atoms with Gasteiger partial charge in [0, 0.05) is 12.1 Å². The molecule has 0 saturated carbocycles. The van der Waals surface area contributed by atoms with E-state index in [1.165, 1.54) is 55.7 Å². The van der Waals surface area contributed by atoms with Crippen LogP contribution in [-0.2, 0) is 14.4 Å². The second kappa shape index (κ2) is 9.48.